The van der Waals surface area contributed by atoms with Crippen LogP contribution in [0.2, 0.25) is 0 Å². The summed E-state index contributed by atoms with van der Waals surface area (Å²) in [4.78, 5) is 18.6. The largest absolute Gasteiger partial charge is 0.445 e. The molecule has 0 unspecified atom stereocenters. The lowest BCUT2D eigenvalue weighted by atomic mass is 10.0. The molecule has 4 aromatic rings. The minimum Gasteiger partial charge on any atom is -0.445 e. The van der Waals surface area contributed by atoms with Crippen LogP contribution in [-0.4, -0.2) is 17.1 Å². The Hall–Kier alpha value is -3.31. The molecular formula is C30H28N2O2S. The van der Waals surface area contributed by atoms with Crippen molar-refractivity contribution in [3.63, 3.8) is 0 Å². The normalized spacial score (nSPS) is 16.7. The van der Waals surface area contributed by atoms with Gasteiger partial charge in [0, 0.05) is 39.9 Å². The number of carbonyl (C=O) groups excluding carboxylic acids is 1. The quantitative estimate of drug-likeness (QED) is 0.296. The van der Waals surface area contributed by atoms with E-state index >= 15 is 0 Å². The Morgan fingerprint density at radius 2 is 1.71 bits per heavy atom. The van der Waals surface area contributed by atoms with E-state index in [4.69, 9.17) is 9.72 Å². The predicted molar refractivity (Wildman–Crippen MR) is 141 cm³/mol. The van der Waals surface area contributed by atoms with E-state index < -0.39 is 0 Å². The van der Waals surface area contributed by atoms with E-state index in [2.05, 4.69) is 47.8 Å². The molecule has 1 aromatic heterocycles. The molecule has 1 amide bonds. The van der Waals surface area contributed by atoms with Gasteiger partial charge >= 0.3 is 6.09 Å². The molecule has 2 aliphatic carbocycles. The maximum atomic E-state index is 12.5. The summed E-state index contributed by atoms with van der Waals surface area (Å²) in [6, 6.07) is 25.0. The number of ether oxygens (including phenoxy) is 1. The van der Waals surface area contributed by atoms with Crippen molar-refractivity contribution in [3.8, 4) is 0 Å². The molecular weight excluding hydrogens is 452 g/mol. The first kappa shape index (κ1) is 22.2. The zero-order chi connectivity index (χ0) is 23.6. The van der Waals surface area contributed by atoms with Gasteiger partial charge in [-0.3, -0.25) is 4.98 Å². The second-order valence-electron chi connectivity index (χ2n) is 9.53. The van der Waals surface area contributed by atoms with Crippen LogP contribution in [0.5, 0.6) is 0 Å². The smallest absolute Gasteiger partial charge is 0.407 e. The topological polar surface area (TPSA) is 51.2 Å². The highest BCUT2D eigenvalue weighted by Gasteiger charge is 2.29. The molecule has 176 valence electrons. The molecule has 3 aromatic carbocycles. The zero-order valence-corrected chi connectivity index (χ0v) is 20.4. The van der Waals surface area contributed by atoms with Gasteiger partial charge in [0.25, 0.3) is 0 Å². The van der Waals surface area contributed by atoms with Gasteiger partial charge in [0.15, 0.2) is 0 Å². The van der Waals surface area contributed by atoms with Gasteiger partial charge in [0.05, 0.1) is 0 Å². The molecule has 6 rings (SSSR count). The van der Waals surface area contributed by atoms with E-state index in [1.54, 1.807) is 0 Å². The van der Waals surface area contributed by atoms with Crippen molar-refractivity contribution in [2.24, 2.45) is 0 Å². The number of rotatable bonds is 7. The molecule has 1 atom stereocenters. The van der Waals surface area contributed by atoms with Gasteiger partial charge in [0.1, 0.15) is 6.61 Å². The van der Waals surface area contributed by atoms with Crippen LogP contribution in [0.1, 0.15) is 46.7 Å². The molecule has 1 heterocycles. The Bertz CT molecular complexity index is 1350. The monoisotopic (exact) mass is 480 g/mol. The van der Waals surface area contributed by atoms with Gasteiger partial charge in [0.2, 0.25) is 0 Å². The van der Waals surface area contributed by atoms with E-state index in [1.807, 2.05) is 48.3 Å². The molecule has 1 fully saturated rings. The molecule has 0 bridgehead atoms. The number of carbonyl (C=O) groups is 1. The first-order chi connectivity index (χ1) is 17.2. The van der Waals surface area contributed by atoms with Crippen LogP contribution in [0.3, 0.4) is 0 Å². The number of benzene rings is 3. The number of nitrogens with zero attached hydrogens (tertiary/aromatic N) is 1. The number of hydrogen-bond donors (Lipinski definition) is 1. The minimum atomic E-state index is -0.354. The van der Waals surface area contributed by atoms with Gasteiger partial charge < -0.3 is 10.1 Å². The minimum absolute atomic E-state index is 0.0389. The summed E-state index contributed by atoms with van der Waals surface area (Å²) in [5, 5.41) is 5.60. The molecule has 2 aliphatic rings. The number of pyridine rings is 1. The average Bonchev–Trinajstić information content (AvgIpc) is 3.67. The summed E-state index contributed by atoms with van der Waals surface area (Å²) in [7, 11) is 0. The van der Waals surface area contributed by atoms with Crippen LogP contribution in [0.4, 0.5) is 4.79 Å². The van der Waals surface area contributed by atoms with Crippen LogP contribution >= 0.6 is 11.8 Å². The summed E-state index contributed by atoms with van der Waals surface area (Å²) in [5.74, 6) is 1.54. The van der Waals surface area contributed by atoms with Crippen molar-refractivity contribution in [2.45, 2.75) is 54.9 Å². The maximum Gasteiger partial charge on any atom is 0.407 e. The first-order valence-electron chi connectivity index (χ1n) is 12.3. The molecule has 0 radical (unpaired) electrons. The van der Waals surface area contributed by atoms with E-state index in [9.17, 15) is 4.79 Å². The summed E-state index contributed by atoms with van der Waals surface area (Å²) < 4.78 is 5.49. The number of fused-ring (bicyclic) bond motifs is 2. The van der Waals surface area contributed by atoms with E-state index in [1.165, 1.54) is 50.9 Å². The van der Waals surface area contributed by atoms with Crippen molar-refractivity contribution in [3.05, 3.63) is 107 Å². The summed E-state index contributed by atoms with van der Waals surface area (Å²) >= 11 is 1.91. The number of nitrogens with one attached hydrogen (secondary N) is 1. The fourth-order valence-corrected chi connectivity index (χ4v) is 6.12. The Morgan fingerprint density at radius 3 is 2.46 bits per heavy atom. The Balaban J connectivity index is 1.23. The van der Waals surface area contributed by atoms with E-state index in [0.29, 0.717) is 5.92 Å². The van der Waals surface area contributed by atoms with Crippen LogP contribution in [0, 0.1) is 0 Å². The van der Waals surface area contributed by atoms with E-state index in [-0.39, 0.29) is 18.7 Å². The molecule has 1 N–H and O–H groups in total. The highest BCUT2D eigenvalue weighted by molar-refractivity contribution is 7.98. The lowest BCUT2D eigenvalue weighted by Crippen LogP contribution is -2.35. The Morgan fingerprint density at radius 1 is 0.971 bits per heavy atom. The lowest BCUT2D eigenvalue weighted by molar-refractivity contribution is 0.136. The van der Waals surface area contributed by atoms with E-state index in [0.717, 1.165) is 24.2 Å². The number of aromatic nitrogens is 1. The summed E-state index contributed by atoms with van der Waals surface area (Å²) in [5.41, 5.74) is 6.19. The van der Waals surface area contributed by atoms with Crippen LogP contribution in [-0.2, 0) is 29.9 Å². The number of amides is 1. The highest BCUT2D eigenvalue weighted by atomic mass is 32.2. The summed E-state index contributed by atoms with van der Waals surface area (Å²) in [6.45, 7) is 0.282. The van der Waals surface area contributed by atoms with Crippen LogP contribution in [0.25, 0.3) is 10.8 Å². The van der Waals surface area contributed by atoms with Gasteiger partial charge in [-0.15, -0.1) is 11.8 Å². The fraction of sp³-hybridized carbons (Fsp3) is 0.267. The van der Waals surface area contributed by atoms with Gasteiger partial charge in [-0.25, -0.2) is 4.79 Å². The molecule has 35 heavy (non-hydrogen) atoms. The predicted octanol–water partition coefficient (Wildman–Crippen LogP) is 6.80. The molecule has 0 spiro atoms. The zero-order valence-electron chi connectivity index (χ0n) is 19.6. The summed E-state index contributed by atoms with van der Waals surface area (Å²) in [6.07, 6.45) is 5.82. The Kier molecular flexibility index (Phi) is 6.17. The van der Waals surface area contributed by atoms with Crippen LogP contribution in [0.15, 0.2) is 83.9 Å². The molecule has 0 aliphatic heterocycles. The standard InChI is InChI=1S/C30H28N2O2S/c33-30(34-18-20-7-3-1-4-8-20)32-25-14-23-13-24-17-31-28(22-11-12-22)16-27(24)29(26(23)15-25)35-19-21-9-5-2-6-10-21/h1-10,13,16-17,22,25H,11-12,14-15,18-19H2,(H,32,33)/t25-/m0/s1. The van der Waals surface area contributed by atoms with Crippen LogP contribution < -0.4 is 5.32 Å². The lowest BCUT2D eigenvalue weighted by Gasteiger charge is -2.14. The number of alkyl carbamates (subject to hydrolysis) is 1. The number of hydrogen-bond acceptors (Lipinski definition) is 4. The maximum absolute atomic E-state index is 12.5. The van der Waals surface area contributed by atoms with Crippen molar-refractivity contribution in [1.29, 1.82) is 0 Å². The number of thioether (sulfide) groups is 1. The second-order valence-corrected chi connectivity index (χ2v) is 10.5. The first-order valence-corrected chi connectivity index (χ1v) is 13.3. The van der Waals surface area contributed by atoms with Crippen molar-refractivity contribution < 1.29 is 9.53 Å². The third-order valence-corrected chi connectivity index (χ3v) is 8.10. The third kappa shape index (κ3) is 5.06. The average molecular weight is 481 g/mol. The molecule has 5 heteroatoms. The van der Waals surface area contributed by atoms with Gasteiger partial charge in [-0.1, -0.05) is 60.7 Å². The van der Waals surface area contributed by atoms with Crippen molar-refractivity contribution >= 4 is 28.6 Å². The molecule has 1 saturated carbocycles. The van der Waals surface area contributed by atoms with Gasteiger partial charge in [-0.05, 0) is 65.5 Å². The molecule has 0 saturated heterocycles. The third-order valence-electron chi connectivity index (χ3n) is 6.87. The SMILES string of the molecule is O=C(N[C@H]1Cc2cc3cnc(C4CC4)cc3c(SCc3ccccc3)c2C1)OCc1ccccc1. The highest BCUT2D eigenvalue weighted by Crippen LogP contribution is 2.43. The molecule has 4 nitrogen and oxygen atoms in total. The second kappa shape index (κ2) is 9.74. The van der Waals surface area contributed by atoms with Gasteiger partial charge in [-0.2, -0.15) is 0 Å². The Labute approximate surface area is 210 Å². The van der Waals surface area contributed by atoms with Crippen molar-refractivity contribution in [2.75, 3.05) is 0 Å². The fourth-order valence-electron chi connectivity index (χ4n) is 4.90. The van der Waals surface area contributed by atoms with Crippen molar-refractivity contribution in [1.82, 2.24) is 10.3 Å².